The highest BCUT2D eigenvalue weighted by molar-refractivity contribution is 5.95. The van der Waals surface area contributed by atoms with E-state index in [-0.39, 0.29) is 11.9 Å². The van der Waals surface area contributed by atoms with Crippen LogP contribution in [0.4, 0.5) is 11.5 Å². The van der Waals surface area contributed by atoms with E-state index < -0.39 is 0 Å². The topological polar surface area (TPSA) is 97.0 Å². The van der Waals surface area contributed by atoms with Crippen LogP contribution in [0.15, 0.2) is 36.4 Å². The molecule has 2 aliphatic rings. The molecule has 0 bridgehead atoms. The van der Waals surface area contributed by atoms with Crippen molar-refractivity contribution in [2.24, 2.45) is 0 Å². The lowest BCUT2D eigenvalue weighted by Gasteiger charge is -2.31. The van der Waals surface area contributed by atoms with Gasteiger partial charge in [0.1, 0.15) is 17.7 Å². The molecule has 2 atom stereocenters. The number of aromatic nitrogens is 2. The van der Waals surface area contributed by atoms with Crippen molar-refractivity contribution in [1.82, 2.24) is 14.9 Å². The van der Waals surface area contributed by atoms with Crippen LogP contribution in [0.5, 0.6) is 11.8 Å². The molecule has 33 heavy (non-hydrogen) atoms. The Hall–Kier alpha value is -3.10. The van der Waals surface area contributed by atoms with Gasteiger partial charge in [-0.3, -0.25) is 4.90 Å². The molecule has 174 valence electrons. The maximum Gasteiger partial charge on any atom is 0.318 e. The zero-order valence-corrected chi connectivity index (χ0v) is 19.2. The summed E-state index contributed by atoms with van der Waals surface area (Å²) >= 11 is 0. The smallest absolute Gasteiger partial charge is 0.318 e. The molecule has 5 rings (SSSR count). The van der Waals surface area contributed by atoms with Gasteiger partial charge in [0.05, 0.1) is 18.3 Å². The molecule has 0 amide bonds. The summed E-state index contributed by atoms with van der Waals surface area (Å²) in [7, 11) is 1.76. The third-order valence-electron chi connectivity index (χ3n) is 6.63. The van der Waals surface area contributed by atoms with Gasteiger partial charge < -0.3 is 25.2 Å². The lowest BCUT2D eigenvalue weighted by atomic mass is 10.0. The molecule has 8 nitrogen and oxygen atoms in total. The number of hydrogen-bond acceptors (Lipinski definition) is 8. The van der Waals surface area contributed by atoms with Crippen molar-refractivity contribution in [3.05, 3.63) is 47.7 Å². The van der Waals surface area contributed by atoms with Crippen molar-refractivity contribution in [2.45, 2.75) is 38.5 Å². The summed E-state index contributed by atoms with van der Waals surface area (Å²) in [5.41, 5.74) is 9.15. The summed E-state index contributed by atoms with van der Waals surface area (Å²) in [5, 5.41) is 12.4. The Balaban J connectivity index is 1.34. The number of phenolic OH excluding ortho intramolecular Hbond substituents is 1. The van der Waals surface area contributed by atoms with Crippen LogP contribution >= 0.6 is 0 Å². The predicted molar refractivity (Wildman–Crippen MR) is 129 cm³/mol. The summed E-state index contributed by atoms with van der Waals surface area (Å²) in [6.07, 6.45) is 2.03. The number of phenols is 1. The lowest BCUT2D eigenvalue weighted by Crippen LogP contribution is -2.34. The summed E-state index contributed by atoms with van der Waals surface area (Å²) in [4.78, 5) is 13.8. The van der Waals surface area contributed by atoms with Crippen molar-refractivity contribution in [2.75, 3.05) is 43.9 Å². The molecule has 3 aromatic rings. The molecular weight excluding hydrogens is 418 g/mol. The second kappa shape index (κ2) is 9.03. The number of nitrogens with two attached hydrogens (primary N) is 1. The SMILES string of the molecule is CO[C@H]1CCN(C[C@@H](C)Oc2nc(N)c3c(n2)CN(c2cc(O)cc4ccccc24)CC3)C1. The van der Waals surface area contributed by atoms with Gasteiger partial charge in [-0.1, -0.05) is 24.3 Å². The Kier molecular flexibility index (Phi) is 5.95. The molecule has 1 saturated heterocycles. The Bertz CT molecular complexity index is 1150. The molecule has 2 aliphatic heterocycles. The van der Waals surface area contributed by atoms with E-state index in [2.05, 4.69) is 20.9 Å². The summed E-state index contributed by atoms with van der Waals surface area (Å²) in [5.74, 6) is 0.746. The molecule has 1 fully saturated rings. The first-order chi connectivity index (χ1) is 16.0. The molecule has 0 aliphatic carbocycles. The van der Waals surface area contributed by atoms with E-state index in [1.165, 1.54) is 0 Å². The van der Waals surface area contributed by atoms with Crippen LogP contribution in [0.3, 0.4) is 0 Å². The van der Waals surface area contributed by atoms with E-state index in [0.29, 0.717) is 24.5 Å². The van der Waals surface area contributed by atoms with Crippen molar-refractivity contribution in [3.63, 3.8) is 0 Å². The van der Waals surface area contributed by atoms with Crippen molar-refractivity contribution < 1.29 is 14.6 Å². The summed E-state index contributed by atoms with van der Waals surface area (Å²) < 4.78 is 11.5. The fraction of sp³-hybridized carbons (Fsp3) is 0.440. The van der Waals surface area contributed by atoms with Gasteiger partial charge in [-0.15, -0.1) is 0 Å². The normalized spacial score (nSPS) is 19.6. The molecular formula is C25H31N5O3. The van der Waals surface area contributed by atoms with E-state index in [0.717, 1.165) is 66.7 Å². The van der Waals surface area contributed by atoms with Crippen LogP contribution < -0.4 is 15.4 Å². The zero-order chi connectivity index (χ0) is 22.9. The van der Waals surface area contributed by atoms with Gasteiger partial charge in [0.25, 0.3) is 0 Å². The molecule has 3 N–H and O–H groups in total. The molecule has 2 aromatic carbocycles. The van der Waals surface area contributed by atoms with Crippen LogP contribution in [0.2, 0.25) is 0 Å². The van der Waals surface area contributed by atoms with Gasteiger partial charge >= 0.3 is 6.01 Å². The first kappa shape index (κ1) is 21.7. The highest BCUT2D eigenvalue weighted by atomic mass is 16.5. The summed E-state index contributed by atoms with van der Waals surface area (Å²) in [6, 6.07) is 12.0. The van der Waals surface area contributed by atoms with E-state index in [4.69, 9.17) is 20.2 Å². The Morgan fingerprint density at radius 1 is 1.21 bits per heavy atom. The number of methoxy groups -OCH3 is 1. The molecule has 0 unspecified atom stereocenters. The van der Waals surface area contributed by atoms with Gasteiger partial charge in [0, 0.05) is 56.0 Å². The van der Waals surface area contributed by atoms with E-state index in [9.17, 15) is 5.11 Å². The third-order valence-corrected chi connectivity index (χ3v) is 6.63. The predicted octanol–water partition coefficient (Wildman–Crippen LogP) is 2.97. The van der Waals surface area contributed by atoms with Crippen LogP contribution in [0.25, 0.3) is 10.8 Å². The van der Waals surface area contributed by atoms with Crippen molar-refractivity contribution >= 4 is 22.3 Å². The van der Waals surface area contributed by atoms with E-state index in [1.54, 1.807) is 13.2 Å². The Morgan fingerprint density at radius 2 is 2.06 bits per heavy atom. The van der Waals surface area contributed by atoms with Gasteiger partial charge in [-0.05, 0) is 31.2 Å². The molecule has 8 heteroatoms. The quantitative estimate of drug-likeness (QED) is 0.593. The zero-order valence-electron chi connectivity index (χ0n) is 19.2. The van der Waals surface area contributed by atoms with Crippen LogP contribution in [0.1, 0.15) is 24.6 Å². The van der Waals surface area contributed by atoms with Crippen LogP contribution in [-0.4, -0.2) is 65.5 Å². The molecule has 0 spiro atoms. The number of rotatable bonds is 6. The van der Waals surface area contributed by atoms with Gasteiger partial charge in [-0.25, -0.2) is 0 Å². The third kappa shape index (κ3) is 4.54. The minimum atomic E-state index is -0.0623. The standard InChI is InChI=1S/C25H31N5O3/c1-16(13-29-9-7-19(14-29)32-2)33-25-27-22-15-30(10-8-21(22)24(26)28-25)23-12-18(31)11-17-5-3-4-6-20(17)23/h3-6,11-12,16,19,31H,7-10,13-15H2,1-2H3,(H2,26,27,28)/t16-,19+/m1/s1. The fourth-order valence-electron chi connectivity index (χ4n) is 4.97. The molecule has 0 saturated carbocycles. The number of nitrogen functional groups attached to an aromatic ring is 1. The van der Waals surface area contributed by atoms with Gasteiger partial charge in [-0.2, -0.15) is 9.97 Å². The van der Waals surface area contributed by atoms with Crippen molar-refractivity contribution in [1.29, 1.82) is 0 Å². The van der Waals surface area contributed by atoms with Crippen molar-refractivity contribution in [3.8, 4) is 11.8 Å². The minimum Gasteiger partial charge on any atom is -0.508 e. The number of nitrogens with zero attached hydrogens (tertiary/aromatic N) is 4. The first-order valence-electron chi connectivity index (χ1n) is 11.5. The average Bonchev–Trinajstić information content (AvgIpc) is 3.25. The second-order valence-corrected chi connectivity index (χ2v) is 9.01. The molecule has 3 heterocycles. The number of hydrogen-bond donors (Lipinski definition) is 2. The highest BCUT2D eigenvalue weighted by Crippen LogP contribution is 2.35. The number of benzene rings is 2. The maximum absolute atomic E-state index is 10.3. The average molecular weight is 450 g/mol. The number of anilines is 2. The number of aromatic hydroxyl groups is 1. The van der Waals surface area contributed by atoms with Gasteiger partial charge in [0.15, 0.2) is 0 Å². The minimum absolute atomic E-state index is 0.0623. The van der Waals surface area contributed by atoms with E-state index >= 15 is 0 Å². The Morgan fingerprint density at radius 3 is 2.88 bits per heavy atom. The number of fused-ring (bicyclic) bond motifs is 2. The lowest BCUT2D eigenvalue weighted by molar-refractivity contribution is 0.0970. The first-order valence-corrected chi connectivity index (χ1v) is 11.5. The fourth-order valence-corrected chi connectivity index (χ4v) is 4.97. The maximum atomic E-state index is 10.3. The molecule has 1 aromatic heterocycles. The Labute approximate surface area is 193 Å². The largest absolute Gasteiger partial charge is 0.508 e. The van der Waals surface area contributed by atoms with Crippen LogP contribution in [0, 0.1) is 0 Å². The highest BCUT2D eigenvalue weighted by Gasteiger charge is 2.26. The number of ether oxygens (including phenoxy) is 2. The molecule has 0 radical (unpaired) electrons. The summed E-state index contributed by atoms with van der Waals surface area (Å²) in [6.45, 7) is 6.12. The monoisotopic (exact) mass is 449 g/mol. The van der Waals surface area contributed by atoms with E-state index in [1.807, 2.05) is 31.2 Å². The van der Waals surface area contributed by atoms with Crippen LogP contribution in [-0.2, 0) is 17.7 Å². The number of likely N-dealkylation sites (tertiary alicyclic amines) is 1. The van der Waals surface area contributed by atoms with Gasteiger partial charge in [0.2, 0.25) is 0 Å². The second-order valence-electron chi connectivity index (χ2n) is 9.01.